The van der Waals surface area contributed by atoms with Gasteiger partial charge in [-0.05, 0) is 37.5 Å². The number of nitro benzene ring substituents is 1. The number of ether oxygens (including phenoxy) is 1. The molecule has 0 bridgehead atoms. The molecule has 0 unspecified atom stereocenters. The van der Waals surface area contributed by atoms with Crippen molar-refractivity contribution >= 4 is 23.3 Å². The van der Waals surface area contributed by atoms with E-state index in [4.69, 9.17) is 4.74 Å². The van der Waals surface area contributed by atoms with Gasteiger partial charge in [0.25, 0.3) is 11.6 Å². The van der Waals surface area contributed by atoms with E-state index >= 15 is 0 Å². The average molecular weight is 397 g/mol. The van der Waals surface area contributed by atoms with E-state index in [9.17, 15) is 19.7 Å². The van der Waals surface area contributed by atoms with E-state index in [0.29, 0.717) is 5.69 Å². The predicted octanol–water partition coefficient (Wildman–Crippen LogP) is 3.23. The lowest BCUT2D eigenvalue weighted by Crippen LogP contribution is -2.31. The first-order chi connectivity index (χ1) is 14.0. The molecule has 29 heavy (non-hydrogen) atoms. The molecule has 3 rings (SSSR count). The molecule has 0 saturated carbocycles. The second kappa shape index (κ2) is 9.18. The SMILES string of the molecule is C[C@H](NC(=O)COC(=O)c1ccc(N2CCCC2)c([N+](=O)[O-])c1)c1ccccc1. The molecule has 1 saturated heterocycles. The highest BCUT2D eigenvalue weighted by atomic mass is 16.6. The van der Waals surface area contributed by atoms with Crippen LogP contribution in [0.2, 0.25) is 0 Å². The van der Waals surface area contributed by atoms with Gasteiger partial charge in [0.1, 0.15) is 5.69 Å². The number of benzene rings is 2. The summed E-state index contributed by atoms with van der Waals surface area (Å²) in [4.78, 5) is 37.2. The van der Waals surface area contributed by atoms with Crippen LogP contribution in [-0.4, -0.2) is 36.5 Å². The number of hydrogen-bond donors (Lipinski definition) is 1. The zero-order valence-corrected chi connectivity index (χ0v) is 16.2. The van der Waals surface area contributed by atoms with Crippen LogP contribution < -0.4 is 10.2 Å². The van der Waals surface area contributed by atoms with Crippen LogP contribution in [0, 0.1) is 10.1 Å². The van der Waals surface area contributed by atoms with Gasteiger partial charge < -0.3 is 15.0 Å². The molecule has 1 atom stereocenters. The van der Waals surface area contributed by atoms with Gasteiger partial charge >= 0.3 is 5.97 Å². The van der Waals surface area contributed by atoms with Crippen molar-refractivity contribution in [2.45, 2.75) is 25.8 Å². The monoisotopic (exact) mass is 397 g/mol. The lowest BCUT2D eigenvalue weighted by molar-refractivity contribution is -0.384. The van der Waals surface area contributed by atoms with E-state index < -0.39 is 23.4 Å². The minimum Gasteiger partial charge on any atom is -0.452 e. The van der Waals surface area contributed by atoms with Crippen molar-refractivity contribution < 1.29 is 19.2 Å². The standard InChI is InChI=1S/C21H23N3O5/c1-15(16-7-3-2-4-8-16)22-20(25)14-29-21(26)17-9-10-18(19(13-17)24(27)28)23-11-5-6-12-23/h2-4,7-10,13,15H,5-6,11-12,14H2,1H3,(H,22,25)/t15-/m0/s1. The fraction of sp³-hybridized carbons (Fsp3) is 0.333. The third-order valence-corrected chi connectivity index (χ3v) is 4.87. The van der Waals surface area contributed by atoms with Crippen molar-refractivity contribution in [3.63, 3.8) is 0 Å². The number of nitro groups is 1. The summed E-state index contributed by atoms with van der Waals surface area (Å²) >= 11 is 0. The number of carbonyl (C=O) groups is 2. The Morgan fingerprint density at radius 2 is 1.86 bits per heavy atom. The van der Waals surface area contributed by atoms with Crippen LogP contribution in [0.5, 0.6) is 0 Å². The summed E-state index contributed by atoms with van der Waals surface area (Å²) in [7, 11) is 0. The van der Waals surface area contributed by atoms with Gasteiger partial charge in [0, 0.05) is 19.2 Å². The van der Waals surface area contributed by atoms with E-state index in [1.165, 1.54) is 12.1 Å². The van der Waals surface area contributed by atoms with Crippen molar-refractivity contribution in [2.75, 3.05) is 24.6 Å². The van der Waals surface area contributed by atoms with E-state index in [2.05, 4.69) is 5.32 Å². The molecule has 2 aromatic carbocycles. The molecule has 0 radical (unpaired) electrons. The number of nitrogens with one attached hydrogen (secondary N) is 1. The number of amides is 1. The second-order valence-electron chi connectivity index (χ2n) is 6.93. The quantitative estimate of drug-likeness (QED) is 0.437. The van der Waals surface area contributed by atoms with Gasteiger partial charge in [0.2, 0.25) is 0 Å². The van der Waals surface area contributed by atoms with Gasteiger partial charge in [-0.15, -0.1) is 0 Å². The van der Waals surface area contributed by atoms with Crippen molar-refractivity contribution in [3.8, 4) is 0 Å². The fourth-order valence-corrected chi connectivity index (χ4v) is 3.34. The Labute approximate surface area is 168 Å². The number of esters is 1. The summed E-state index contributed by atoms with van der Waals surface area (Å²) < 4.78 is 5.04. The lowest BCUT2D eigenvalue weighted by atomic mass is 10.1. The van der Waals surface area contributed by atoms with Gasteiger partial charge in [0.05, 0.1) is 16.5 Å². The summed E-state index contributed by atoms with van der Waals surface area (Å²) in [5, 5.41) is 14.2. The summed E-state index contributed by atoms with van der Waals surface area (Å²) in [6.45, 7) is 2.88. The molecule has 1 aliphatic heterocycles. The summed E-state index contributed by atoms with van der Waals surface area (Å²) in [6.07, 6.45) is 1.97. The molecule has 0 spiro atoms. The topological polar surface area (TPSA) is 102 Å². The molecule has 1 heterocycles. The van der Waals surface area contributed by atoms with E-state index in [-0.39, 0.29) is 17.3 Å². The average Bonchev–Trinajstić information content (AvgIpc) is 3.27. The molecular weight excluding hydrogens is 374 g/mol. The van der Waals surface area contributed by atoms with Crippen molar-refractivity contribution in [3.05, 3.63) is 69.8 Å². The highest BCUT2D eigenvalue weighted by Crippen LogP contribution is 2.31. The van der Waals surface area contributed by atoms with Crippen LogP contribution in [0.3, 0.4) is 0 Å². The van der Waals surface area contributed by atoms with Crippen molar-refractivity contribution in [1.29, 1.82) is 0 Å². The van der Waals surface area contributed by atoms with Crippen LogP contribution >= 0.6 is 0 Å². The Bertz CT molecular complexity index is 894. The molecule has 1 aliphatic rings. The Morgan fingerprint density at radius 1 is 1.17 bits per heavy atom. The van der Waals surface area contributed by atoms with Crippen LogP contribution in [0.15, 0.2) is 48.5 Å². The molecule has 2 aromatic rings. The third kappa shape index (κ3) is 5.10. The number of carbonyl (C=O) groups excluding carboxylic acids is 2. The van der Waals surface area contributed by atoms with Gasteiger partial charge in [-0.3, -0.25) is 14.9 Å². The van der Waals surface area contributed by atoms with Crippen LogP contribution in [0.4, 0.5) is 11.4 Å². The zero-order chi connectivity index (χ0) is 20.8. The molecule has 152 valence electrons. The zero-order valence-electron chi connectivity index (χ0n) is 16.2. The lowest BCUT2D eigenvalue weighted by Gasteiger charge is -2.17. The second-order valence-corrected chi connectivity index (χ2v) is 6.93. The molecule has 1 fully saturated rings. The maximum Gasteiger partial charge on any atom is 0.338 e. The number of rotatable bonds is 7. The van der Waals surface area contributed by atoms with E-state index in [1.54, 1.807) is 6.07 Å². The van der Waals surface area contributed by atoms with Gasteiger partial charge in [-0.2, -0.15) is 0 Å². The van der Waals surface area contributed by atoms with Crippen LogP contribution in [-0.2, 0) is 9.53 Å². The van der Waals surface area contributed by atoms with E-state index in [0.717, 1.165) is 31.5 Å². The number of anilines is 1. The van der Waals surface area contributed by atoms with Crippen molar-refractivity contribution in [2.24, 2.45) is 0 Å². The highest BCUT2D eigenvalue weighted by Gasteiger charge is 2.24. The summed E-state index contributed by atoms with van der Waals surface area (Å²) in [5.41, 5.74) is 1.34. The smallest absolute Gasteiger partial charge is 0.338 e. The third-order valence-electron chi connectivity index (χ3n) is 4.87. The molecule has 0 aromatic heterocycles. The molecule has 8 nitrogen and oxygen atoms in total. The molecule has 0 aliphatic carbocycles. The normalized spacial score (nSPS) is 14.3. The Morgan fingerprint density at radius 3 is 2.52 bits per heavy atom. The largest absolute Gasteiger partial charge is 0.452 e. The first-order valence-corrected chi connectivity index (χ1v) is 9.50. The fourth-order valence-electron chi connectivity index (χ4n) is 3.34. The predicted molar refractivity (Wildman–Crippen MR) is 108 cm³/mol. The minimum absolute atomic E-state index is 0.0450. The van der Waals surface area contributed by atoms with Gasteiger partial charge in [-0.1, -0.05) is 30.3 Å². The maximum atomic E-state index is 12.3. The number of nitrogens with zero attached hydrogens (tertiary/aromatic N) is 2. The molecular formula is C21H23N3O5. The van der Waals surface area contributed by atoms with Crippen LogP contribution in [0.1, 0.15) is 41.7 Å². The maximum absolute atomic E-state index is 12.3. The Kier molecular flexibility index (Phi) is 6.43. The van der Waals surface area contributed by atoms with Crippen molar-refractivity contribution in [1.82, 2.24) is 5.32 Å². The molecule has 1 amide bonds. The van der Waals surface area contributed by atoms with Crippen LogP contribution in [0.25, 0.3) is 0 Å². The summed E-state index contributed by atoms with van der Waals surface area (Å²) in [5.74, 6) is -1.22. The Hall–Kier alpha value is -3.42. The first-order valence-electron chi connectivity index (χ1n) is 9.50. The van der Waals surface area contributed by atoms with Gasteiger partial charge in [0.15, 0.2) is 6.61 Å². The molecule has 8 heteroatoms. The van der Waals surface area contributed by atoms with Gasteiger partial charge in [-0.25, -0.2) is 4.79 Å². The summed E-state index contributed by atoms with van der Waals surface area (Å²) in [6, 6.07) is 13.4. The Balaban J connectivity index is 1.60. The van der Waals surface area contributed by atoms with E-state index in [1.807, 2.05) is 42.2 Å². The molecule has 1 N–H and O–H groups in total. The first kappa shape index (κ1) is 20.3. The number of hydrogen-bond acceptors (Lipinski definition) is 6. The highest BCUT2D eigenvalue weighted by molar-refractivity contribution is 5.93. The minimum atomic E-state index is -0.774.